The number of benzene rings is 3. The van der Waals surface area contributed by atoms with Crippen molar-refractivity contribution in [1.29, 1.82) is 0 Å². The van der Waals surface area contributed by atoms with Gasteiger partial charge >= 0.3 is 0 Å². The second kappa shape index (κ2) is 10.1. The van der Waals surface area contributed by atoms with E-state index in [0.29, 0.717) is 5.56 Å². The number of sulfonamides is 1. The second-order valence-corrected chi connectivity index (χ2v) is 10.7. The molecule has 0 radical (unpaired) electrons. The summed E-state index contributed by atoms with van der Waals surface area (Å²) in [5, 5.41) is 2.67. The van der Waals surface area contributed by atoms with Gasteiger partial charge in [-0.1, -0.05) is 78.9 Å². The van der Waals surface area contributed by atoms with Gasteiger partial charge in [0.15, 0.2) is 0 Å². The van der Waals surface area contributed by atoms with Gasteiger partial charge in [-0.05, 0) is 11.6 Å². The molecule has 1 fully saturated rings. The van der Waals surface area contributed by atoms with Gasteiger partial charge in [-0.25, -0.2) is 8.42 Å². The molecular weight excluding hydrogens is 506 g/mol. The van der Waals surface area contributed by atoms with E-state index in [1.807, 2.05) is 0 Å². The molecule has 9 nitrogen and oxygen atoms in total. The molecule has 0 saturated carbocycles. The van der Waals surface area contributed by atoms with Gasteiger partial charge < -0.3 is 5.32 Å². The molecule has 3 aromatic rings. The van der Waals surface area contributed by atoms with Crippen LogP contribution in [0.3, 0.4) is 0 Å². The van der Waals surface area contributed by atoms with Crippen molar-refractivity contribution >= 4 is 39.2 Å². The van der Waals surface area contributed by atoms with Gasteiger partial charge in [0.1, 0.15) is 12.2 Å². The first-order valence-corrected chi connectivity index (χ1v) is 13.3. The maximum Gasteiger partial charge on any atom is 0.265 e. The minimum atomic E-state index is -4.21. The number of Topliss-reactive ketones (excluding diaryl/α,β-unsaturated/α-hetero) is 1. The standard InChI is InChI=1S/C28H23N3O6S/c32-23(18-30-24(33)15-16-25(30)34)29-26-21-13-7-8-14-22(21)38(36,37)31(17-19-9-3-1-4-10-19)27(26)28(35)20-11-5-2-6-12-20/h1-14H,15-18H2,(H,29,32). The number of carbonyl (C=O) groups is 4. The van der Waals surface area contributed by atoms with Crippen molar-refractivity contribution in [3.63, 3.8) is 0 Å². The number of fused-ring (bicyclic) bond motifs is 1. The number of carbonyl (C=O) groups excluding carboxylic acids is 4. The number of hydrogen-bond donors (Lipinski definition) is 1. The maximum absolute atomic E-state index is 13.9. The summed E-state index contributed by atoms with van der Waals surface area (Å²) < 4.78 is 28.8. The van der Waals surface area contributed by atoms with E-state index in [2.05, 4.69) is 5.32 Å². The molecule has 1 N–H and O–H groups in total. The molecule has 3 aromatic carbocycles. The predicted molar refractivity (Wildman–Crippen MR) is 137 cm³/mol. The zero-order chi connectivity index (χ0) is 26.9. The highest BCUT2D eigenvalue weighted by atomic mass is 32.2. The third kappa shape index (κ3) is 4.61. The van der Waals surface area contributed by atoms with Gasteiger partial charge in [-0.2, -0.15) is 0 Å². The summed E-state index contributed by atoms with van der Waals surface area (Å²) in [6.45, 7) is -0.699. The zero-order valence-corrected chi connectivity index (χ0v) is 21.0. The Balaban J connectivity index is 1.67. The maximum atomic E-state index is 13.9. The highest BCUT2D eigenvalue weighted by molar-refractivity contribution is 7.89. The molecule has 2 aliphatic heterocycles. The van der Waals surface area contributed by atoms with E-state index in [-0.39, 0.29) is 46.8 Å². The Morgan fingerprint density at radius 3 is 2.03 bits per heavy atom. The summed E-state index contributed by atoms with van der Waals surface area (Å²) in [7, 11) is -4.21. The van der Waals surface area contributed by atoms with Crippen molar-refractivity contribution < 1.29 is 27.6 Å². The fourth-order valence-corrected chi connectivity index (χ4v) is 6.17. The summed E-state index contributed by atoms with van der Waals surface area (Å²) in [5.74, 6) is -2.26. The quantitative estimate of drug-likeness (QED) is 0.371. The molecule has 2 heterocycles. The van der Waals surface area contributed by atoms with Crippen LogP contribution < -0.4 is 5.32 Å². The third-order valence-corrected chi connectivity index (χ3v) is 8.16. The lowest BCUT2D eigenvalue weighted by atomic mass is 10.0. The van der Waals surface area contributed by atoms with Crippen molar-refractivity contribution in [2.24, 2.45) is 0 Å². The van der Waals surface area contributed by atoms with E-state index in [4.69, 9.17) is 0 Å². The first-order chi connectivity index (χ1) is 18.3. The number of nitrogens with one attached hydrogen (secondary N) is 1. The predicted octanol–water partition coefficient (Wildman–Crippen LogP) is 2.71. The minimum Gasteiger partial charge on any atom is -0.322 e. The Labute approximate surface area is 219 Å². The Morgan fingerprint density at radius 1 is 0.789 bits per heavy atom. The van der Waals surface area contributed by atoms with Crippen LogP contribution in [0.25, 0.3) is 5.70 Å². The summed E-state index contributed by atoms with van der Waals surface area (Å²) >= 11 is 0. The lowest BCUT2D eigenvalue weighted by Gasteiger charge is -2.34. The summed E-state index contributed by atoms with van der Waals surface area (Å²) in [4.78, 5) is 52.0. The number of hydrogen-bond acceptors (Lipinski definition) is 6. The Bertz CT molecular complexity index is 1570. The Morgan fingerprint density at radius 2 is 1.37 bits per heavy atom. The van der Waals surface area contributed by atoms with E-state index in [0.717, 1.165) is 9.21 Å². The number of ketones is 1. The van der Waals surface area contributed by atoms with Crippen LogP contribution in [-0.4, -0.2) is 47.7 Å². The van der Waals surface area contributed by atoms with E-state index < -0.39 is 40.1 Å². The molecule has 3 amide bonds. The highest BCUT2D eigenvalue weighted by Crippen LogP contribution is 2.38. The van der Waals surface area contributed by atoms with E-state index in [1.54, 1.807) is 72.8 Å². The number of rotatable bonds is 7. The number of imide groups is 1. The molecule has 0 atom stereocenters. The van der Waals surface area contributed by atoms with Gasteiger partial charge in [0, 0.05) is 24.0 Å². The number of nitrogens with zero attached hydrogens (tertiary/aromatic N) is 2. The number of amides is 3. The van der Waals surface area contributed by atoms with E-state index in [9.17, 15) is 27.6 Å². The molecule has 192 valence electrons. The Kier molecular flexibility index (Phi) is 6.64. The van der Waals surface area contributed by atoms with Crippen LogP contribution in [0.4, 0.5) is 0 Å². The van der Waals surface area contributed by atoms with Crippen molar-refractivity contribution in [2.75, 3.05) is 6.54 Å². The van der Waals surface area contributed by atoms with Gasteiger partial charge in [0.25, 0.3) is 10.0 Å². The second-order valence-electron chi connectivity index (χ2n) is 8.83. The summed E-state index contributed by atoms with van der Waals surface area (Å²) in [6, 6.07) is 23.0. The van der Waals surface area contributed by atoms with Crippen LogP contribution in [0.2, 0.25) is 0 Å². The van der Waals surface area contributed by atoms with Gasteiger partial charge in [0.05, 0.1) is 17.1 Å². The van der Waals surface area contributed by atoms with Gasteiger partial charge in [-0.3, -0.25) is 28.4 Å². The number of allylic oxidation sites excluding steroid dienone is 1. The average molecular weight is 530 g/mol. The van der Waals surface area contributed by atoms with E-state index >= 15 is 0 Å². The van der Waals surface area contributed by atoms with Crippen molar-refractivity contribution in [1.82, 2.24) is 14.5 Å². The fourth-order valence-electron chi connectivity index (χ4n) is 4.50. The minimum absolute atomic E-state index is 0.00990. The van der Waals surface area contributed by atoms with Crippen LogP contribution in [0.15, 0.2) is 95.5 Å². The van der Waals surface area contributed by atoms with Crippen molar-refractivity contribution in [2.45, 2.75) is 24.3 Å². The molecule has 0 spiro atoms. The largest absolute Gasteiger partial charge is 0.322 e. The van der Waals surface area contributed by atoms with Gasteiger partial charge in [-0.15, -0.1) is 0 Å². The topological polar surface area (TPSA) is 121 Å². The Hall–Kier alpha value is -4.57. The lowest BCUT2D eigenvalue weighted by Crippen LogP contribution is -2.44. The molecule has 0 aliphatic carbocycles. The van der Waals surface area contributed by atoms with E-state index in [1.165, 1.54) is 12.1 Å². The SMILES string of the molecule is O=C(CN1C(=O)CCC1=O)NC1=C(C(=O)c2ccccc2)N(Cc2ccccc2)S(=O)(=O)c2ccccc21. The molecular formula is C28H23N3O6S. The monoisotopic (exact) mass is 529 g/mol. The number of likely N-dealkylation sites (tertiary alicyclic amines) is 1. The molecule has 38 heavy (non-hydrogen) atoms. The molecule has 0 bridgehead atoms. The van der Waals surface area contributed by atoms with Crippen LogP contribution in [0, 0.1) is 0 Å². The van der Waals surface area contributed by atoms with Crippen LogP contribution in [-0.2, 0) is 31.0 Å². The lowest BCUT2D eigenvalue weighted by molar-refractivity contribution is -0.142. The summed E-state index contributed by atoms with van der Waals surface area (Å²) in [5.41, 5.74) is 0.763. The smallest absolute Gasteiger partial charge is 0.265 e. The van der Waals surface area contributed by atoms with Crippen molar-refractivity contribution in [3.05, 3.63) is 107 Å². The van der Waals surface area contributed by atoms with Gasteiger partial charge in [0.2, 0.25) is 23.5 Å². The summed E-state index contributed by atoms with van der Waals surface area (Å²) in [6.07, 6.45) is 0.0525. The third-order valence-electron chi connectivity index (χ3n) is 6.35. The molecule has 1 saturated heterocycles. The first-order valence-electron chi connectivity index (χ1n) is 11.9. The van der Waals surface area contributed by atoms with Crippen LogP contribution in [0.5, 0.6) is 0 Å². The van der Waals surface area contributed by atoms with Crippen LogP contribution >= 0.6 is 0 Å². The molecule has 10 heteroatoms. The average Bonchev–Trinajstić information content (AvgIpc) is 3.24. The molecule has 0 unspecified atom stereocenters. The molecule has 2 aliphatic rings. The van der Waals surface area contributed by atoms with Crippen molar-refractivity contribution in [3.8, 4) is 0 Å². The molecule has 0 aromatic heterocycles. The first kappa shape index (κ1) is 25.1. The molecule has 5 rings (SSSR count). The zero-order valence-electron chi connectivity index (χ0n) is 20.2. The normalized spacial score (nSPS) is 16.4. The fraction of sp³-hybridized carbons (Fsp3) is 0.143. The highest BCUT2D eigenvalue weighted by Gasteiger charge is 2.41. The van der Waals surface area contributed by atoms with Crippen LogP contribution in [0.1, 0.15) is 34.3 Å².